The van der Waals surface area contributed by atoms with E-state index in [0.29, 0.717) is 0 Å². The predicted octanol–water partition coefficient (Wildman–Crippen LogP) is 9.63. The maximum atomic E-state index is 2.16. The normalized spacial score (nSPS) is 7.79. The summed E-state index contributed by atoms with van der Waals surface area (Å²) in [5, 5.41) is 0. The van der Waals surface area contributed by atoms with E-state index in [-0.39, 0.29) is 0 Å². The summed E-state index contributed by atoms with van der Waals surface area (Å²) in [5.74, 6) is 0. The van der Waals surface area contributed by atoms with Crippen LogP contribution in [0.3, 0.4) is 0 Å². The van der Waals surface area contributed by atoms with Crippen molar-refractivity contribution in [2.45, 2.75) is 75.7 Å². The van der Waals surface area contributed by atoms with Gasteiger partial charge in [-0.15, -0.1) is 0 Å². The molecule has 0 atom stereocenters. The number of benzene rings is 3. The lowest BCUT2D eigenvalue weighted by Gasteiger charge is -1.90. The number of hydrogen-bond donors (Lipinski definition) is 0. The number of hydrogen-bond acceptors (Lipinski definition) is 0. The SMILES string of the molecule is CC.CC.CC.CCc1ccccc1.Cc1ccc(C)cc1.Cc1ccccc1. The summed E-state index contributed by atoms with van der Waals surface area (Å²) < 4.78 is 0. The van der Waals surface area contributed by atoms with Crippen LogP contribution in [-0.4, -0.2) is 0 Å². The molecule has 0 aliphatic heterocycles. The van der Waals surface area contributed by atoms with E-state index >= 15 is 0 Å². The van der Waals surface area contributed by atoms with Crippen LogP contribution in [0.15, 0.2) is 84.9 Å². The minimum absolute atomic E-state index is 1.14. The second kappa shape index (κ2) is 25.7. The molecule has 162 valence electrons. The number of rotatable bonds is 1. The molecule has 0 nitrogen and oxygen atoms in total. The lowest BCUT2D eigenvalue weighted by Crippen LogP contribution is -1.73. The molecule has 0 saturated heterocycles. The van der Waals surface area contributed by atoms with Crippen molar-refractivity contribution < 1.29 is 0 Å². The monoisotopic (exact) mass is 394 g/mol. The Morgan fingerprint density at radius 3 is 0.897 bits per heavy atom. The van der Waals surface area contributed by atoms with E-state index in [0.717, 1.165) is 6.42 Å². The van der Waals surface area contributed by atoms with Crippen LogP contribution in [0, 0.1) is 20.8 Å². The lowest BCUT2D eigenvalue weighted by molar-refractivity contribution is 1.14. The van der Waals surface area contributed by atoms with Crippen molar-refractivity contribution in [3.8, 4) is 0 Å². The molecule has 3 aromatic rings. The van der Waals surface area contributed by atoms with E-state index in [9.17, 15) is 0 Å². The molecule has 0 aliphatic rings. The zero-order valence-corrected chi connectivity index (χ0v) is 20.8. The van der Waals surface area contributed by atoms with Crippen LogP contribution in [0.25, 0.3) is 0 Å². The lowest BCUT2D eigenvalue weighted by atomic mass is 10.2. The van der Waals surface area contributed by atoms with Crippen LogP contribution >= 0.6 is 0 Å². The Kier molecular flexibility index (Phi) is 27.7. The van der Waals surface area contributed by atoms with Crippen LogP contribution < -0.4 is 0 Å². The van der Waals surface area contributed by atoms with Gasteiger partial charge in [0.05, 0.1) is 0 Å². The van der Waals surface area contributed by atoms with Gasteiger partial charge in [-0.3, -0.25) is 0 Å². The molecule has 3 rings (SSSR count). The van der Waals surface area contributed by atoms with Crippen LogP contribution in [0.1, 0.15) is 70.7 Å². The largest absolute Gasteiger partial charge is 0.0683 e. The van der Waals surface area contributed by atoms with Crippen LogP contribution in [-0.2, 0) is 6.42 Å². The smallest absolute Gasteiger partial charge is 0.0307 e. The zero-order valence-electron chi connectivity index (χ0n) is 20.8. The Morgan fingerprint density at radius 2 is 0.690 bits per heavy atom. The fraction of sp³-hybridized carbons (Fsp3) is 0.379. The third-order valence-electron chi connectivity index (χ3n) is 3.41. The summed E-state index contributed by atoms with van der Waals surface area (Å²) in [6.07, 6.45) is 1.14. The first-order valence-corrected chi connectivity index (χ1v) is 11.2. The van der Waals surface area contributed by atoms with Gasteiger partial charge in [-0.25, -0.2) is 0 Å². The summed E-state index contributed by atoms with van der Waals surface area (Å²) >= 11 is 0. The van der Waals surface area contributed by atoms with Crippen molar-refractivity contribution in [3.05, 3.63) is 107 Å². The zero-order chi connectivity index (χ0) is 22.9. The second-order valence-corrected chi connectivity index (χ2v) is 5.65. The van der Waals surface area contributed by atoms with Crippen molar-refractivity contribution in [2.24, 2.45) is 0 Å². The van der Waals surface area contributed by atoms with E-state index in [2.05, 4.69) is 88.4 Å². The summed E-state index contributed by atoms with van der Waals surface area (Å²) in [5.41, 5.74) is 5.39. The minimum Gasteiger partial charge on any atom is -0.0683 e. The van der Waals surface area contributed by atoms with Gasteiger partial charge < -0.3 is 0 Å². The molecule has 0 saturated carbocycles. The van der Waals surface area contributed by atoms with Gasteiger partial charge in [0.1, 0.15) is 0 Å². The molecular weight excluding hydrogens is 348 g/mol. The van der Waals surface area contributed by atoms with Crippen molar-refractivity contribution in [3.63, 3.8) is 0 Å². The van der Waals surface area contributed by atoms with E-state index in [1.54, 1.807) is 0 Å². The molecule has 0 spiro atoms. The molecule has 0 radical (unpaired) electrons. The molecule has 3 aromatic carbocycles. The molecule has 0 heterocycles. The molecular formula is C29H46. The van der Waals surface area contributed by atoms with Gasteiger partial charge in [0.2, 0.25) is 0 Å². The summed E-state index contributed by atoms with van der Waals surface area (Å²) in [4.78, 5) is 0. The Balaban J connectivity index is -0.000000310. The highest BCUT2D eigenvalue weighted by atomic mass is 13.9. The topological polar surface area (TPSA) is 0 Å². The van der Waals surface area contributed by atoms with Gasteiger partial charge in [-0.05, 0) is 32.8 Å². The van der Waals surface area contributed by atoms with E-state index in [1.807, 2.05) is 65.8 Å². The minimum atomic E-state index is 1.14. The van der Waals surface area contributed by atoms with Gasteiger partial charge in [-0.1, -0.05) is 150 Å². The number of aryl methyl sites for hydroxylation is 4. The average molecular weight is 395 g/mol. The van der Waals surface area contributed by atoms with Crippen molar-refractivity contribution in [1.29, 1.82) is 0 Å². The first-order valence-electron chi connectivity index (χ1n) is 11.2. The van der Waals surface area contributed by atoms with Gasteiger partial charge in [0, 0.05) is 0 Å². The summed E-state index contributed by atoms with van der Waals surface area (Å²) in [7, 11) is 0. The molecule has 0 amide bonds. The predicted molar refractivity (Wildman–Crippen MR) is 137 cm³/mol. The second-order valence-electron chi connectivity index (χ2n) is 5.65. The molecule has 0 N–H and O–H groups in total. The standard InChI is InChI=1S/2C8H10.C7H8.3C2H6/c1-7-3-5-8(2)6-4-7;1-2-8-6-4-3-5-7-8;1-7-5-3-2-4-6-7;3*1-2/h3-6H,1-2H3;3-7H,2H2,1H3;2-6H,1H3;3*1-2H3. The van der Waals surface area contributed by atoms with Gasteiger partial charge in [0.25, 0.3) is 0 Å². The summed E-state index contributed by atoms with van der Waals surface area (Å²) in [6, 6.07) is 29.2. The Morgan fingerprint density at radius 1 is 0.414 bits per heavy atom. The van der Waals surface area contributed by atoms with Crippen LogP contribution in [0.4, 0.5) is 0 Å². The Hall–Kier alpha value is -2.34. The average Bonchev–Trinajstić information content (AvgIpc) is 2.82. The van der Waals surface area contributed by atoms with E-state index < -0.39 is 0 Å². The third-order valence-corrected chi connectivity index (χ3v) is 3.41. The quantitative estimate of drug-likeness (QED) is 0.385. The molecule has 0 aliphatic carbocycles. The fourth-order valence-corrected chi connectivity index (χ4v) is 1.88. The molecule has 0 aromatic heterocycles. The first kappa shape index (κ1) is 31.4. The Labute approximate surface area is 183 Å². The molecule has 0 fully saturated rings. The molecule has 0 heteroatoms. The highest BCUT2D eigenvalue weighted by Crippen LogP contribution is 1.99. The molecule has 0 unspecified atom stereocenters. The third kappa shape index (κ3) is 21.8. The molecule has 29 heavy (non-hydrogen) atoms. The molecule has 0 bridgehead atoms. The first-order chi connectivity index (χ1) is 14.1. The van der Waals surface area contributed by atoms with Crippen LogP contribution in [0.2, 0.25) is 0 Å². The van der Waals surface area contributed by atoms with Crippen molar-refractivity contribution >= 4 is 0 Å². The highest BCUT2D eigenvalue weighted by molar-refractivity contribution is 5.19. The maximum Gasteiger partial charge on any atom is -0.0307 e. The van der Waals surface area contributed by atoms with Crippen molar-refractivity contribution in [1.82, 2.24) is 0 Å². The maximum absolute atomic E-state index is 2.16. The van der Waals surface area contributed by atoms with Gasteiger partial charge >= 0.3 is 0 Å². The van der Waals surface area contributed by atoms with Gasteiger partial charge in [0.15, 0.2) is 0 Å². The van der Waals surface area contributed by atoms with Crippen molar-refractivity contribution in [2.75, 3.05) is 0 Å². The van der Waals surface area contributed by atoms with Gasteiger partial charge in [-0.2, -0.15) is 0 Å². The van der Waals surface area contributed by atoms with E-state index in [1.165, 1.54) is 22.3 Å². The fourth-order valence-electron chi connectivity index (χ4n) is 1.88. The van der Waals surface area contributed by atoms with Crippen LogP contribution in [0.5, 0.6) is 0 Å². The summed E-state index contributed by atoms with van der Waals surface area (Å²) in [6.45, 7) is 20.4. The van der Waals surface area contributed by atoms with E-state index in [4.69, 9.17) is 0 Å². The highest BCUT2D eigenvalue weighted by Gasteiger charge is 1.80. The Bertz CT molecular complexity index is 601.